The molecule has 0 radical (unpaired) electrons. The summed E-state index contributed by atoms with van der Waals surface area (Å²) in [5.74, 6) is 2.32. The number of anilines is 1. The summed E-state index contributed by atoms with van der Waals surface area (Å²) in [6.45, 7) is 9.08. The average Bonchev–Trinajstić information content (AvgIpc) is 2.42. The van der Waals surface area contributed by atoms with Crippen molar-refractivity contribution in [2.45, 2.75) is 33.6 Å². The maximum absolute atomic E-state index is 4.63. The molecule has 2 rings (SSSR count). The Morgan fingerprint density at radius 3 is 2.35 bits per heavy atom. The van der Waals surface area contributed by atoms with E-state index in [1.807, 2.05) is 6.92 Å². The SMILES string of the molecule is CCNc1nc(-c2ncc(C)cn2)nc(C(C)C)c1I. The summed E-state index contributed by atoms with van der Waals surface area (Å²) in [5, 5.41) is 3.28. The third-order valence-corrected chi connectivity index (χ3v) is 3.81. The van der Waals surface area contributed by atoms with Crippen LogP contribution in [-0.4, -0.2) is 26.5 Å². The number of halogens is 1. The quantitative estimate of drug-likeness (QED) is 0.820. The van der Waals surface area contributed by atoms with E-state index in [4.69, 9.17) is 0 Å². The molecule has 0 unspecified atom stereocenters. The molecule has 0 saturated heterocycles. The number of nitrogens with one attached hydrogen (secondary N) is 1. The fraction of sp³-hybridized carbons (Fsp3) is 0.429. The molecule has 0 spiro atoms. The zero-order valence-corrected chi connectivity index (χ0v) is 14.3. The molecule has 20 heavy (non-hydrogen) atoms. The molecule has 2 aromatic heterocycles. The molecule has 5 nitrogen and oxygen atoms in total. The van der Waals surface area contributed by atoms with Crippen LogP contribution in [-0.2, 0) is 0 Å². The summed E-state index contributed by atoms with van der Waals surface area (Å²) in [4.78, 5) is 17.8. The third kappa shape index (κ3) is 3.23. The molecule has 0 aliphatic rings. The Morgan fingerprint density at radius 1 is 1.15 bits per heavy atom. The van der Waals surface area contributed by atoms with E-state index in [0.717, 1.165) is 27.2 Å². The van der Waals surface area contributed by atoms with Crippen LogP contribution in [0.5, 0.6) is 0 Å². The first kappa shape index (κ1) is 15.1. The first-order valence-corrected chi connectivity index (χ1v) is 7.71. The maximum Gasteiger partial charge on any atom is 0.200 e. The van der Waals surface area contributed by atoms with Crippen LogP contribution < -0.4 is 5.32 Å². The van der Waals surface area contributed by atoms with Crippen LogP contribution in [0.3, 0.4) is 0 Å². The maximum atomic E-state index is 4.63. The molecule has 0 atom stereocenters. The Morgan fingerprint density at radius 2 is 1.80 bits per heavy atom. The minimum absolute atomic E-state index is 0.325. The monoisotopic (exact) mass is 383 g/mol. The van der Waals surface area contributed by atoms with Gasteiger partial charge in [-0.3, -0.25) is 0 Å². The highest BCUT2D eigenvalue weighted by atomic mass is 127. The van der Waals surface area contributed by atoms with E-state index >= 15 is 0 Å². The van der Waals surface area contributed by atoms with Crippen LogP contribution in [0.15, 0.2) is 12.4 Å². The summed E-state index contributed by atoms with van der Waals surface area (Å²) in [6.07, 6.45) is 3.57. The Hall–Kier alpha value is -1.31. The molecule has 0 aliphatic carbocycles. The second kappa shape index (κ2) is 6.43. The van der Waals surface area contributed by atoms with Gasteiger partial charge in [0.25, 0.3) is 0 Å². The Balaban J connectivity index is 2.55. The van der Waals surface area contributed by atoms with E-state index in [1.54, 1.807) is 12.4 Å². The van der Waals surface area contributed by atoms with E-state index in [-0.39, 0.29) is 0 Å². The lowest BCUT2D eigenvalue weighted by atomic mass is 10.1. The van der Waals surface area contributed by atoms with Crippen molar-refractivity contribution < 1.29 is 0 Å². The number of aryl methyl sites for hydroxylation is 1. The summed E-state index contributed by atoms with van der Waals surface area (Å²) in [6, 6.07) is 0. The molecule has 0 saturated carbocycles. The van der Waals surface area contributed by atoms with Gasteiger partial charge in [-0.25, -0.2) is 19.9 Å². The van der Waals surface area contributed by atoms with E-state index < -0.39 is 0 Å². The lowest BCUT2D eigenvalue weighted by Gasteiger charge is -2.13. The molecular weight excluding hydrogens is 365 g/mol. The van der Waals surface area contributed by atoms with Crippen LogP contribution in [0, 0.1) is 10.5 Å². The van der Waals surface area contributed by atoms with Gasteiger partial charge in [0, 0.05) is 18.9 Å². The predicted octanol–water partition coefficient (Wildman–Crippen LogP) is 3.40. The standard InChI is InChI=1S/C14H18IN5/c1-5-16-12-10(15)11(8(2)3)19-14(20-12)13-17-6-9(4)7-18-13/h6-8H,5H2,1-4H3,(H,16,19,20). The van der Waals surface area contributed by atoms with Gasteiger partial charge in [0.1, 0.15) is 5.82 Å². The number of rotatable bonds is 4. The van der Waals surface area contributed by atoms with E-state index in [0.29, 0.717) is 17.6 Å². The lowest BCUT2D eigenvalue weighted by Crippen LogP contribution is -2.10. The highest BCUT2D eigenvalue weighted by Gasteiger charge is 2.16. The molecule has 1 N–H and O–H groups in total. The molecular formula is C14H18IN5. The first-order valence-electron chi connectivity index (χ1n) is 6.63. The first-order chi connectivity index (χ1) is 9.52. The smallest absolute Gasteiger partial charge is 0.200 e. The molecule has 0 amide bonds. The molecule has 0 aliphatic heterocycles. The van der Waals surface area contributed by atoms with Crippen molar-refractivity contribution in [1.29, 1.82) is 0 Å². The predicted molar refractivity (Wildman–Crippen MR) is 88.8 cm³/mol. The van der Waals surface area contributed by atoms with Crippen LogP contribution in [0.4, 0.5) is 5.82 Å². The number of nitrogens with zero attached hydrogens (tertiary/aromatic N) is 4. The Labute approximate surface area is 132 Å². The van der Waals surface area contributed by atoms with Gasteiger partial charge >= 0.3 is 0 Å². The lowest BCUT2D eigenvalue weighted by molar-refractivity contribution is 0.806. The fourth-order valence-corrected chi connectivity index (χ4v) is 2.79. The van der Waals surface area contributed by atoms with Gasteiger partial charge in [-0.1, -0.05) is 13.8 Å². The van der Waals surface area contributed by atoms with Crippen molar-refractivity contribution >= 4 is 28.4 Å². The molecule has 0 bridgehead atoms. The van der Waals surface area contributed by atoms with Crippen molar-refractivity contribution in [3.63, 3.8) is 0 Å². The molecule has 2 aromatic rings. The van der Waals surface area contributed by atoms with Crippen molar-refractivity contribution in [3.8, 4) is 11.6 Å². The molecule has 2 heterocycles. The second-order valence-electron chi connectivity index (χ2n) is 4.86. The summed E-state index contributed by atoms with van der Waals surface area (Å²) < 4.78 is 1.07. The third-order valence-electron chi connectivity index (χ3n) is 2.75. The number of hydrogen-bond acceptors (Lipinski definition) is 5. The van der Waals surface area contributed by atoms with Gasteiger partial charge in [-0.05, 0) is 47.9 Å². The Kier molecular flexibility index (Phi) is 4.85. The van der Waals surface area contributed by atoms with Crippen LogP contribution in [0.2, 0.25) is 0 Å². The van der Waals surface area contributed by atoms with Gasteiger partial charge in [0.05, 0.1) is 9.26 Å². The zero-order chi connectivity index (χ0) is 14.7. The molecule has 6 heteroatoms. The van der Waals surface area contributed by atoms with Crippen molar-refractivity contribution in [2.75, 3.05) is 11.9 Å². The Bertz CT molecular complexity index is 595. The topological polar surface area (TPSA) is 63.6 Å². The van der Waals surface area contributed by atoms with Gasteiger partial charge in [-0.2, -0.15) is 0 Å². The van der Waals surface area contributed by atoms with Gasteiger partial charge in [-0.15, -0.1) is 0 Å². The fourth-order valence-electron chi connectivity index (χ4n) is 1.74. The minimum atomic E-state index is 0.325. The number of aromatic nitrogens is 4. The van der Waals surface area contributed by atoms with Gasteiger partial charge in [0.2, 0.25) is 0 Å². The average molecular weight is 383 g/mol. The number of hydrogen-bond donors (Lipinski definition) is 1. The van der Waals surface area contributed by atoms with E-state index in [1.165, 1.54) is 0 Å². The van der Waals surface area contributed by atoms with E-state index in [9.17, 15) is 0 Å². The van der Waals surface area contributed by atoms with Crippen LogP contribution in [0.1, 0.15) is 37.9 Å². The van der Waals surface area contributed by atoms with Crippen LogP contribution >= 0.6 is 22.6 Å². The largest absolute Gasteiger partial charge is 0.369 e. The van der Waals surface area contributed by atoms with Crippen LogP contribution in [0.25, 0.3) is 11.6 Å². The highest BCUT2D eigenvalue weighted by molar-refractivity contribution is 14.1. The summed E-state index contributed by atoms with van der Waals surface area (Å²) in [5.41, 5.74) is 2.05. The second-order valence-corrected chi connectivity index (χ2v) is 5.94. The molecule has 0 aromatic carbocycles. The summed E-state index contributed by atoms with van der Waals surface area (Å²) in [7, 11) is 0. The van der Waals surface area contributed by atoms with Crippen molar-refractivity contribution in [1.82, 2.24) is 19.9 Å². The molecule has 0 fully saturated rings. The van der Waals surface area contributed by atoms with Crippen molar-refractivity contribution in [2.24, 2.45) is 0 Å². The van der Waals surface area contributed by atoms with Crippen molar-refractivity contribution in [3.05, 3.63) is 27.2 Å². The van der Waals surface area contributed by atoms with E-state index in [2.05, 4.69) is 68.6 Å². The molecule has 106 valence electrons. The van der Waals surface area contributed by atoms with Gasteiger partial charge < -0.3 is 5.32 Å². The minimum Gasteiger partial charge on any atom is -0.369 e. The highest BCUT2D eigenvalue weighted by Crippen LogP contribution is 2.27. The summed E-state index contributed by atoms with van der Waals surface area (Å²) >= 11 is 2.29. The van der Waals surface area contributed by atoms with Gasteiger partial charge in [0.15, 0.2) is 11.6 Å². The zero-order valence-electron chi connectivity index (χ0n) is 12.1. The normalized spacial score (nSPS) is 10.9.